The van der Waals surface area contributed by atoms with E-state index in [2.05, 4.69) is 9.71 Å². The standard InChI is InChI=1S/C18H17N3O4S/c22-26(23,15-5-6-17-18(11-15)25-10-9-24-17)20-12-14-3-1-2-4-16(14)21-8-7-19-13-21/h1-8,11,13,20H,9-10,12H2. The van der Waals surface area contributed by atoms with Crippen molar-refractivity contribution in [2.45, 2.75) is 11.4 Å². The lowest BCUT2D eigenvalue weighted by molar-refractivity contribution is 0.171. The van der Waals surface area contributed by atoms with Gasteiger partial charge in [-0.2, -0.15) is 0 Å². The molecule has 1 aliphatic rings. The smallest absolute Gasteiger partial charge is 0.241 e. The molecule has 0 radical (unpaired) electrons. The summed E-state index contributed by atoms with van der Waals surface area (Å²) in [7, 11) is -3.69. The average molecular weight is 371 g/mol. The second-order valence-corrected chi connectivity index (χ2v) is 7.50. The summed E-state index contributed by atoms with van der Waals surface area (Å²) >= 11 is 0. The zero-order valence-electron chi connectivity index (χ0n) is 13.8. The monoisotopic (exact) mass is 371 g/mol. The summed E-state index contributed by atoms with van der Waals surface area (Å²) in [6.45, 7) is 1.02. The molecule has 0 fully saturated rings. The lowest BCUT2D eigenvalue weighted by atomic mass is 10.2. The van der Waals surface area contributed by atoms with Crippen LogP contribution in [0.25, 0.3) is 5.69 Å². The Kier molecular flexibility index (Phi) is 4.36. The Labute approximate surface area is 151 Å². The Bertz CT molecular complexity index is 1020. The first-order valence-corrected chi connectivity index (χ1v) is 9.57. The van der Waals surface area contributed by atoms with Crippen LogP contribution in [0, 0.1) is 0 Å². The molecule has 7 nitrogen and oxygen atoms in total. The van der Waals surface area contributed by atoms with Gasteiger partial charge in [0.25, 0.3) is 0 Å². The molecule has 0 aliphatic carbocycles. The van der Waals surface area contributed by atoms with E-state index >= 15 is 0 Å². The minimum absolute atomic E-state index is 0.141. The van der Waals surface area contributed by atoms with Crippen LogP contribution in [0.2, 0.25) is 0 Å². The second kappa shape index (κ2) is 6.81. The van der Waals surface area contributed by atoms with E-state index in [1.807, 2.05) is 35.0 Å². The number of hydrogen-bond acceptors (Lipinski definition) is 5. The number of imidazole rings is 1. The van der Waals surface area contributed by atoms with Gasteiger partial charge >= 0.3 is 0 Å². The molecule has 1 aliphatic heterocycles. The minimum atomic E-state index is -3.69. The number of aromatic nitrogens is 2. The van der Waals surface area contributed by atoms with E-state index in [-0.39, 0.29) is 11.4 Å². The van der Waals surface area contributed by atoms with Crippen molar-refractivity contribution in [1.29, 1.82) is 0 Å². The first-order valence-electron chi connectivity index (χ1n) is 8.09. The Balaban J connectivity index is 1.56. The molecule has 0 amide bonds. The van der Waals surface area contributed by atoms with Crippen molar-refractivity contribution in [3.8, 4) is 17.2 Å². The van der Waals surface area contributed by atoms with Crippen LogP contribution in [0.1, 0.15) is 5.56 Å². The first kappa shape index (κ1) is 16.6. The number of para-hydroxylation sites is 1. The largest absolute Gasteiger partial charge is 0.486 e. The van der Waals surface area contributed by atoms with E-state index in [4.69, 9.17) is 9.47 Å². The molecule has 0 spiro atoms. The number of benzene rings is 2. The van der Waals surface area contributed by atoms with Gasteiger partial charge < -0.3 is 14.0 Å². The lowest BCUT2D eigenvalue weighted by Gasteiger charge is -2.19. The van der Waals surface area contributed by atoms with Gasteiger partial charge in [0, 0.05) is 25.0 Å². The summed E-state index contributed by atoms with van der Waals surface area (Å²) in [5.41, 5.74) is 1.71. The van der Waals surface area contributed by atoms with E-state index < -0.39 is 10.0 Å². The number of hydrogen-bond donors (Lipinski definition) is 1. The van der Waals surface area contributed by atoms with Crippen molar-refractivity contribution in [2.75, 3.05) is 13.2 Å². The average Bonchev–Trinajstić information content (AvgIpc) is 3.21. The highest BCUT2D eigenvalue weighted by atomic mass is 32.2. The molecular weight excluding hydrogens is 354 g/mol. The molecule has 0 atom stereocenters. The van der Waals surface area contributed by atoms with Crippen LogP contribution < -0.4 is 14.2 Å². The van der Waals surface area contributed by atoms with E-state index in [0.717, 1.165) is 11.3 Å². The van der Waals surface area contributed by atoms with Crippen LogP contribution in [0.4, 0.5) is 0 Å². The summed E-state index contributed by atoms with van der Waals surface area (Å²) in [4.78, 5) is 4.18. The number of ether oxygens (including phenoxy) is 2. The fourth-order valence-corrected chi connectivity index (χ4v) is 3.78. The third-order valence-corrected chi connectivity index (χ3v) is 5.45. The van der Waals surface area contributed by atoms with Gasteiger partial charge in [-0.3, -0.25) is 0 Å². The predicted molar refractivity (Wildman–Crippen MR) is 95.0 cm³/mol. The highest BCUT2D eigenvalue weighted by molar-refractivity contribution is 7.89. The molecule has 2 heterocycles. The molecule has 3 aromatic rings. The van der Waals surface area contributed by atoms with Crippen molar-refractivity contribution in [1.82, 2.24) is 14.3 Å². The van der Waals surface area contributed by atoms with Crippen molar-refractivity contribution in [3.05, 3.63) is 66.7 Å². The molecule has 4 rings (SSSR count). The Morgan fingerprint density at radius 3 is 2.69 bits per heavy atom. The lowest BCUT2D eigenvalue weighted by Crippen LogP contribution is -2.24. The highest BCUT2D eigenvalue weighted by Gasteiger charge is 2.19. The van der Waals surface area contributed by atoms with Crippen molar-refractivity contribution in [3.63, 3.8) is 0 Å². The van der Waals surface area contributed by atoms with Crippen LogP contribution in [-0.4, -0.2) is 31.2 Å². The van der Waals surface area contributed by atoms with Gasteiger partial charge in [0.1, 0.15) is 13.2 Å². The second-order valence-electron chi connectivity index (χ2n) is 5.73. The molecule has 1 aromatic heterocycles. The van der Waals surface area contributed by atoms with E-state index in [0.29, 0.717) is 24.7 Å². The Hall–Kier alpha value is -2.84. The first-order chi connectivity index (χ1) is 12.6. The van der Waals surface area contributed by atoms with Gasteiger partial charge in [0.15, 0.2) is 11.5 Å². The van der Waals surface area contributed by atoms with Crippen molar-refractivity contribution in [2.24, 2.45) is 0 Å². The fraction of sp³-hybridized carbons (Fsp3) is 0.167. The summed E-state index contributed by atoms with van der Waals surface area (Å²) < 4.78 is 40.7. The maximum atomic E-state index is 12.7. The summed E-state index contributed by atoms with van der Waals surface area (Å²) in [6.07, 6.45) is 5.17. The molecule has 2 aromatic carbocycles. The zero-order valence-corrected chi connectivity index (χ0v) is 14.6. The molecule has 0 bridgehead atoms. The van der Waals surface area contributed by atoms with Crippen LogP contribution in [0.3, 0.4) is 0 Å². The van der Waals surface area contributed by atoms with Gasteiger partial charge in [-0.05, 0) is 23.8 Å². The maximum Gasteiger partial charge on any atom is 0.241 e. The number of fused-ring (bicyclic) bond motifs is 1. The van der Waals surface area contributed by atoms with Crippen molar-refractivity contribution < 1.29 is 17.9 Å². The third-order valence-electron chi connectivity index (χ3n) is 4.05. The molecule has 1 N–H and O–H groups in total. The van der Waals surface area contributed by atoms with Gasteiger partial charge in [0.05, 0.1) is 16.9 Å². The summed E-state index contributed by atoms with van der Waals surface area (Å²) in [6, 6.07) is 12.2. The maximum absolute atomic E-state index is 12.7. The molecule has 0 saturated heterocycles. The number of nitrogens with zero attached hydrogens (tertiary/aromatic N) is 2. The van der Waals surface area contributed by atoms with E-state index in [1.165, 1.54) is 12.1 Å². The Morgan fingerprint density at radius 2 is 1.88 bits per heavy atom. The zero-order chi connectivity index (χ0) is 18.0. The summed E-state index contributed by atoms with van der Waals surface area (Å²) in [5, 5.41) is 0. The van der Waals surface area contributed by atoms with E-state index in [1.54, 1.807) is 18.6 Å². The number of nitrogens with one attached hydrogen (secondary N) is 1. The highest BCUT2D eigenvalue weighted by Crippen LogP contribution is 2.32. The van der Waals surface area contributed by atoms with Gasteiger partial charge in [-0.15, -0.1) is 0 Å². The SMILES string of the molecule is O=S(=O)(NCc1ccccc1-n1ccnc1)c1ccc2c(c1)OCCO2. The van der Waals surface area contributed by atoms with Crippen molar-refractivity contribution >= 4 is 10.0 Å². The molecule has 26 heavy (non-hydrogen) atoms. The van der Waals surface area contributed by atoms with Crippen LogP contribution >= 0.6 is 0 Å². The van der Waals surface area contributed by atoms with Crippen LogP contribution in [0.15, 0.2) is 66.1 Å². The fourth-order valence-electron chi connectivity index (χ4n) is 2.76. The molecule has 0 unspecified atom stereocenters. The van der Waals surface area contributed by atoms with E-state index in [9.17, 15) is 8.42 Å². The number of rotatable bonds is 5. The third kappa shape index (κ3) is 3.29. The minimum Gasteiger partial charge on any atom is -0.486 e. The Morgan fingerprint density at radius 1 is 1.08 bits per heavy atom. The van der Waals surface area contributed by atoms with Gasteiger partial charge in [-0.1, -0.05) is 18.2 Å². The van der Waals surface area contributed by atoms with Gasteiger partial charge in [-0.25, -0.2) is 18.1 Å². The van der Waals surface area contributed by atoms with Crippen LogP contribution in [0.5, 0.6) is 11.5 Å². The predicted octanol–water partition coefficient (Wildman–Crippen LogP) is 2.12. The molecular formula is C18H17N3O4S. The topological polar surface area (TPSA) is 82.5 Å². The van der Waals surface area contributed by atoms with Gasteiger partial charge in [0.2, 0.25) is 10.0 Å². The molecule has 0 saturated carbocycles. The molecule has 8 heteroatoms. The summed E-state index contributed by atoms with van der Waals surface area (Å²) in [5.74, 6) is 0.999. The quantitative estimate of drug-likeness (QED) is 0.743. The van der Waals surface area contributed by atoms with Crippen LogP contribution in [-0.2, 0) is 16.6 Å². The molecule has 134 valence electrons. The normalized spacial score (nSPS) is 13.5. The number of sulfonamides is 1.